The molecule has 7 heteroatoms. The van der Waals surface area contributed by atoms with E-state index >= 15 is 0 Å². The molecular formula is C12H12ClN3O2S. The van der Waals surface area contributed by atoms with Crippen molar-refractivity contribution in [1.29, 1.82) is 0 Å². The predicted octanol–water partition coefficient (Wildman–Crippen LogP) is 2.20. The molecule has 19 heavy (non-hydrogen) atoms. The summed E-state index contributed by atoms with van der Waals surface area (Å²) in [5.41, 5.74) is 0.524. The number of aliphatic hydroxyl groups excluding tert-OH is 1. The fraction of sp³-hybridized carbons (Fsp3) is 0.333. The van der Waals surface area contributed by atoms with Crippen LogP contribution in [-0.2, 0) is 6.61 Å². The Hall–Kier alpha value is -1.24. The summed E-state index contributed by atoms with van der Waals surface area (Å²) in [7, 11) is 0. The molecule has 0 unspecified atom stereocenters. The fourth-order valence-electron chi connectivity index (χ4n) is 1.84. The van der Waals surface area contributed by atoms with Gasteiger partial charge in [0, 0.05) is 16.0 Å². The number of aromatic nitrogens is 3. The second-order valence-corrected chi connectivity index (χ2v) is 5.87. The number of H-pyrrole nitrogens is 1. The maximum absolute atomic E-state index is 11.7. The van der Waals surface area contributed by atoms with Crippen LogP contribution < -0.4 is 5.69 Å². The molecule has 0 amide bonds. The fourth-order valence-corrected chi connectivity index (χ4v) is 3.09. The Morgan fingerprint density at radius 3 is 2.95 bits per heavy atom. The quantitative estimate of drug-likeness (QED) is 0.907. The average Bonchev–Trinajstić information content (AvgIpc) is 3.15. The van der Waals surface area contributed by atoms with E-state index in [1.54, 1.807) is 16.7 Å². The van der Waals surface area contributed by atoms with Gasteiger partial charge < -0.3 is 5.11 Å². The minimum atomic E-state index is -0.164. The van der Waals surface area contributed by atoms with Crippen LogP contribution in [0.3, 0.4) is 0 Å². The molecule has 1 aromatic heterocycles. The van der Waals surface area contributed by atoms with Crippen molar-refractivity contribution in [3.63, 3.8) is 0 Å². The van der Waals surface area contributed by atoms with E-state index in [0.29, 0.717) is 15.7 Å². The minimum Gasteiger partial charge on any atom is -0.392 e. The number of aromatic amines is 1. The van der Waals surface area contributed by atoms with Crippen molar-refractivity contribution in [3.8, 4) is 0 Å². The monoisotopic (exact) mass is 297 g/mol. The smallest absolute Gasteiger partial charge is 0.344 e. The molecule has 1 saturated carbocycles. The summed E-state index contributed by atoms with van der Waals surface area (Å²) in [6.07, 6.45) is 2.05. The van der Waals surface area contributed by atoms with Gasteiger partial charge in [-0.1, -0.05) is 17.7 Å². The molecule has 1 fully saturated rings. The van der Waals surface area contributed by atoms with Crippen molar-refractivity contribution in [2.24, 2.45) is 0 Å². The highest BCUT2D eigenvalue weighted by Gasteiger charge is 2.28. The van der Waals surface area contributed by atoms with Crippen molar-refractivity contribution in [3.05, 3.63) is 39.3 Å². The molecule has 0 radical (unpaired) electrons. The predicted molar refractivity (Wildman–Crippen MR) is 72.6 cm³/mol. The number of halogens is 1. The number of rotatable bonds is 4. The highest BCUT2D eigenvalue weighted by Crippen LogP contribution is 2.38. The normalized spacial score (nSPS) is 14.8. The van der Waals surface area contributed by atoms with E-state index in [9.17, 15) is 4.79 Å². The molecule has 0 aliphatic heterocycles. The first-order valence-corrected chi connectivity index (χ1v) is 7.12. The van der Waals surface area contributed by atoms with E-state index in [1.807, 2.05) is 6.07 Å². The molecule has 3 rings (SSSR count). The third kappa shape index (κ3) is 2.56. The molecule has 1 aliphatic rings. The molecule has 5 nitrogen and oxygen atoms in total. The molecule has 0 saturated heterocycles. The van der Waals surface area contributed by atoms with Crippen LogP contribution in [0.1, 0.15) is 24.4 Å². The summed E-state index contributed by atoms with van der Waals surface area (Å²) in [5.74, 6) is 0. The number of nitrogens with one attached hydrogen (secondary N) is 1. The van der Waals surface area contributed by atoms with E-state index in [0.717, 1.165) is 17.7 Å². The molecule has 2 aromatic rings. The zero-order valence-corrected chi connectivity index (χ0v) is 11.5. The first-order chi connectivity index (χ1) is 9.19. The first kappa shape index (κ1) is 12.8. The number of hydrogen-bond donors (Lipinski definition) is 2. The third-order valence-corrected chi connectivity index (χ3v) is 4.30. The highest BCUT2D eigenvalue weighted by molar-refractivity contribution is 7.99. The van der Waals surface area contributed by atoms with Gasteiger partial charge in [0.25, 0.3) is 0 Å². The largest absolute Gasteiger partial charge is 0.392 e. The van der Waals surface area contributed by atoms with Crippen molar-refractivity contribution in [2.75, 3.05) is 0 Å². The molecule has 100 valence electrons. The van der Waals surface area contributed by atoms with Crippen molar-refractivity contribution < 1.29 is 5.11 Å². The van der Waals surface area contributed by atoms with Crippen molar-refractivity contribution >= 4 is 23.4 Å². The summed E-state index contributed by atoms with van der Waals surface area (Å²) < 4.78 is 1.69. The van der Waals surface area contributed by atoms with E-state index < -0.39 is 0 Å². The van der Waals surface area contributed by atoms with Gasteiger partial charge in [0.1, 0.15) is 0 Å². The van der Waals surface area contributed by atoms with Crippen LogP contribution in [0.4, 0.5) is 0 Å². The summed E-state index contributed by atoms with van der Waals surface area (Å²) in [6.45, 7) is -0.0844. The van der Waals surface area contributed by atoms with E-state index in [-0.39, 0.29) is 18.3 Å². The number of benzene rings is 1. The topological polar surface area (TPSA) is 70.9 Å². The van der Waals surface area contributed by atoms with Gasteiger partial charge in [-0.2, -0.15) is 0 Å². The Morgan fingerprint density at radius 2 is 2.32 bits per heavy atom. The lowest BCUT2D eigenvalue weighted by molar-refractivity contribution is 0.282. The second kappa shape index (κ2) is 5.03. The summed E-state index contributed by atoms with van der Waals surface area (Å²) in [6, 6.07) is 5.68. The molecular weight excluding hydrogens is 286 g/mol. The van der Waals surface area contributed by atoms with Gasteiger partial charge in [-0.15, -0.1) is 5.10 Å². The van der Waals surface area contributed by atoms with Gasteiger partial charge in [0.2, 0.25) is 0 Å². The Balaban J connectivity index is 1.89. The van der Waals surface area contributed by atoms with E-state index in [2.05, 4.69) is 10.2 Å². The van der Waals surface area contributed by atoms with Gasteiger partial charge in [-0.05, 0) is 42.3 Å². The molecule has 1 aromatic carbocycles. The Kier molecular flexibility index (Phi) is 3.38. The summed E-state index contributed by atoms with van der Waals surface area (Å²) in [4.78, 5) is 12.5. The minimum absolute atomic E-state index is 0.0844. The Labute approximate surface area is 118 Å². The zero-order valence-electron chi connectivity index (χ0n) is 9.97. The number of aliphatic hydroxyl groups is 1. The standard InChI is InChI=1S/C12H12ClN3O2S/c13-10-5-9(4-1-7(10)6-17)19-12-15-14-11(18)16(12)8-2-3-8/h1,4-5,8,17H,2-3,6H2,(H,14,18). The lowest BCUT2D eigenvalue weighted by Gasteiger charge is -2.05. The number of nitrogens with zero attached hydrogens (tertiary/aromatic N) is 2. The zero-order chi connectivity index (χ0) is 13.4. The van der Waals surface area contributed by atoms with Gasteiger partial charge in [0.15, 0.2) is 5.16 Å². The van der Waals surface area contributed by atoms with Crippen LogP contribution in [0.2, 0.25) is 5.02 Å². The molecule has 0 spiro atoms. The molecule has 1 heterocycles. The van der Waals surface area contributed by atoms with E-state index in [4.69, 9.17) is 16.7 Å². The van der Waals surface area contributed by atoms with Gasteiger partial charge in [-0.25, -0.2) is 9.89 Å². The first-order valence-electron chi connectivity index (χ1n) is 5.93. The third-order valence-electron chi connectivity index (χ3n) is 2.99. The molecule has 2 N–H and O–H groups in total. The van der Waals surface area contributed by atoms with Gasteiger partial charge in [0.05, 0.1) is 6.61 Å². The maximum Gasteiger partial charge on any atom is 0.344 e. The van der Waals surface area contributed by atoms with Crippen LogP contribution in [0.5, 0.6) is 0 Å². The van der Waals surface area contributed by atoms with Gasteiger partial charge >= 0.3 is 5.69 Å². The van der Waals surface area contributed by atoms with Crippen molar-refractivity contribution in [1.82, 2.24) is 14.8 Å². The van der Waals surface area contributed by atoms with Crippen molar-refractivity contribution in [2.45, 2.75) is 35.5 Å². The maximum atomic E-state index is 11.7. The lowest BCUT2D eigenvalue weighted by Crippen LogP contribution is -2.15. The second-order valence-electron chi connectivity index (χ2n) is 4.43. The highest BCUT2D eigenvalue weighted by atomic mass is 35.5. The molecule has 0 atom stereocenters. The molecule has 0 bridgehead atoms. The average molecular weight is 298 g/mol. The Bertz CT molecular complexity index is 663. The van der Waals surface area contributed by atoms with Crippen LogP contribution >= 0.6 is 23.4 Å². The van der Waals surface area contributed by atoms with E-state index in [1.165, 1.54) is 11.8 Å². The van der Waals surface area contributed by atoms with Crippen LogP contribution in [0.15, 0.2) is 33.0 Å². The number of hydrogen-bond acceptors (Lipinski definition) is 4. The van der Waals surface area contributed by atoms with Gasteiger partial charge in [-0.3, -0.25) is 4.57 Å². The summed E-state index contributed by atoms with van der Waals surface area (Å²) in [5, 5.41) is 16.8. The lowest BCUT2D eigenvalue weighted by atomic mass is 10.2. The SMILES string of the molecule is O=c1[nH]nc(Sc2ccc(CO)c(Cl)c2)n1C1CC1. The Morgan fingerprint density at radius 1 is 1.53 bits per heavy atom. The summed E-state index contributed by atoms with van der Waals surface area (Å²) >= 11 is 7.44. The van der Waals surface area contributed by atoms with Crippen LogP contribution in [-0.4, -0.2) is 19.9 Å². The van der Waals surface area contributed by atoms with Crippen LogP contribution in [0, 0.1) is 0 Å². The van der Waals surface area contributed by atoms with Crippen LogP contribution in [0.25, 0.3) is 0 Å². The molecule has 1 aliphatic carbocycles.